The van der Waals surface area contributed by atoms with Gasteiger partial charge in [0.25, 0.3) is 0 Å². The number of piperidine rings is 1. The van der Waals surface area contributed by atoms with Crippen LogP contribution in [0.2, 0.25) is 0 Å². The van der Waals surface area contributed by atoms with Gasteiger partial charge in [-0.15, -0.1) is 0 Å². The second-order valence-electron chi connectivity index (χ2n) is 5.56. The minimum atomic E-state index is 0.648. The topological polar surface area (TPSA) is 33.1 Å². The lowest BCUT2D eigenvalue weighted by Gasteiger charge is -2.31. The molecule has 1 N–H and O–H groups in total. The molecule has 17 heavy (non-hydrogen) atoms. The summed E-state index contributed by atoms with van der Waals surface area (Å²) in [5.41, 5.74) is 3.64. The first-order chi connectivity index (χ1) is 8.15. The molecule has 0 aliphatic carbocycles. The molecule has 1 aromatic heterocycles. The summed E-state index contributed by atoms with van der Waals surface area (Å²) in [6, 6.07) is 0.648. The molecule has 3 atom stereocenters. The molecule has 0 aromatic carbocycles. The largest absolute Gasteiger partial charge is 0.379 e. The molecule has 94 valence electrons. The summed E-state index contributed by atoms with van der Waals surface area (Å²) in [7, 11) is 2.02. The van der Waals surface area contributed by atoms with Crippen LogP contribution in [0.1, 0.15) is 24.2 Å². The highest BCUT2D eigenvalue weighted by atomic mass is 15.3. The lowest BCUT2D eigenvalue weighted by Crippen LogP contribution is -2.39. The molecule has 1 aromatic rings. The molecule has 0 spiro atoms. The normalized spacial score (nSPS) is 31.8. The third-order valence-electron chi connectivity index (χ3n) is 4.47. The fourth-order valence-electron chi connectivity index (χ4n) is 3.31. The fraction of sp³-hybridized carbons (Fsp3) is 0.769. The molecule has 2 bridgehead atoms. The van der Waals surface area contributed by atoms with Gasteiger partial charge in [-0.25, -0.2) is 0 Å². The van der Waals surface area contributed by atoms with Gasteiger partial charge in [-0.2, -0.15) is 5.10 Å². The van der Waals surface area contributed by atoms with Crippen molar-refractivity contribution in [2.45, 2.75) is 32.7 Å². The molecule has 3 unspecified atom stereocenters. The predicted molar refractivity (Wildman–Crippen MR) is 69.3 cm³/mol. The van der Waals surface area contributed by atoms with Crippen molar-refractivity contribution in [2.24, 2.45) is 13.0 Å². The maximum absolute atomic E-state index is 4.48. The molecule has 2 saturated heterocycles. The van der Waals surface area contributed by atoms with E-state index in [4.69, 9.17) is 0 Å². The summed E-state index contributed by atoms with van der Waals surface area (Å²) in [6.07, 6.45) is 2.63. The monoisotopic (exact) mass is 234 g/mol. The van der Waals surface area contributed by atoms with Gasteiger partial charge in [0.05, 0.1) is 17.1 Å². The lowest BCUT2D eigenvalue weighted by molar-refractivity contribution is 0.255. The van der Waals surface area contributed by atoms with Crippen molar-refractivity contribution >= 4 is 5.69 Å². The average Bonchev–Trinajstić information content (AvgIpc) is 2.79. The van der Waals surface area contributed by atoms with Crippen LogP contribution in [0, 0.1) is 19.8 Å². The van der Waals surface area contributed by atoms with Crippen molar-refractivity contribution in [1.82, 2.24) is 14.7 Å². The molecule has 0 amide bonds. The minimum absolute atomic E-state index is 0.648. The molecule has 3 heterocycles. The van der Waals surface area contributed by atoms with Gasteiger partial charge in [0.15, 0.2) is 0 Å². The van der Waals surface area contributed by atoms with Crippen LogP contribution < -0.4 is 5.32 Å². The van der Waals surface area contributed by atoms with Gasteiger partial charge in [-0.1, -0.05) is 0 Å². The number of hydrogen-bond acceptors (Lipinski definition) is 3. The Morgan fingerprint density at radius 3 is 2.71 bits per heavy atom. The van der Waals surface area contributed by atoms with Crippen LogP contribution in [0.25, 0.3) is 0 Å². The van der Waals surface area contributed by atoms with E-state index >= 15 is 0 Å². The number of fused-ring (bicyclic) bond motifs is 2. The minimum Gasteiger partial charge on any atom is -0.379 e. The number of hydrogen-bond donors (Lipinski definition) is 1. The van der Waals surface area contributed by atoms with Gasteiger partial charge in [-0.05, 0) is 39.2 Å². The Kier molecular flexibility index (Phi) is 2.62. The first kappa shape index (κ1) is 11.1. The smallest absolute Gasteiger partial charge is 0.0827 e. The van der Waals surface area contributed by atoms with Crippen LogP contribution >= 0.6 is 0 Å². The Morgan fingerprint density at radius 2 is 2.00 bits per heavy atom. The number of anilines is 1. The zero-order valence-corrected chi connectivity index (χ0v) is 11.0. The van der Waals surface area contributed by atoms with E-state index in [1.165, 1.54) is 43.9 Å². The standard InChI is InChI=1S/C13H22N4/c1-9-13(10(2)16(3)15-9)14-12-5-7-17-6-4-11(12)8-17/h11-12,14H,4-8H2,1-3H3. The number of nitrogens with zero attached hydrogens (tertiary/aromatic N) is 3. The summed E-state index contributed by atoms with van der Waals surface area (Å²) in [5, 5.41) is 8.24. The Labute approximate surface area is 103 Å². The number of nitrogens with one attached hydrogen (secondary N) is 1. The van der Waals surface area contributed by atoms with Gasteiger partial charge in [0.1, 0.15) is 0 Å². The van der Waals surface area contributed by atoms with Crippen molar-refractivity contribution < 1.29 is 0 Å². The average molecular weight is 234 g/mol. The molecule has 4 nitrogen and oxygen atoms in total. The number of aromatic nitrogens is 2. The van der Waals surface area contributed by atoms with Gasteiger partial charge >= 0.3 is 0 Å². The first-order valence-corrected chi connectivity index (χ1v) is 6.64. The zero-order valence-electron chi connectivity index (χ0n) is 11.0. The highest BCUT2D eigenvalue weighted by Crippen LogP contribution is 2.31. The van der Waals surface area contributed by atoms with Crippen LogP contribution in [-0.4, -0.2) is 40.4 Å². The Balaban J connectivity index is 1.78. The van der Waals surface area contributed by atoms with Gasteiger partial charge in [-0.3, -0.25) is 4.68 Å². The van der Waals surface area contributed by atoms with E-state index in [9.17, 15) is 0 Å². The predicted octanol–water partition coefficient (Wildman–Crippen LogP) is 1.54. The second-order valence-corrected chi connectivity index (χ2v) is 5.56. The van der Waals surface area contributed by atoms with Gasteiger partial charge in [0.2, 0.25) is 0 Å². The van der Waals surface area contributed by atoms with Crippen LogP contribution in [0.4, 0.5) is 5.69 Å². The fourth-order valence-corrected chi connectivity index (χ4v) is 3.31. The Hall–Kier alpha value is -1.03. The molecule has 3 rings (SSSR count). The van der Waals surface area contributed by atoms with E-state index in [2.05, 4.69) is 29.2 Å². The molecular weight excluding hydrogens is 212 g/mol. The zero-order chi connectivity index (χ0) is 12.0. The van der Waals surface area contributed by atoms with Gasteiger partial charge in [0, 0.05) is 26.2 Å². The molecule has 0 saturated carbocycles. The van der Waals surface area contributed by atoms with Crippen LogP contribution in [0.5, 0.6) is 0 Å². The van der Waals surface area contributed by atoms with Crippen molar-refractivity contribution in [3.8, 4) is 0 Å². The molecule has 2 fully saturated rings. The summed E-state index contributed by atoms with van der Waals surface area (Å²) in [4.78, 5) is 2.59. The van der Waals surface area contributed by atoms with Gasteiger partial charge < -0.3 is 10.2 Å². The maximum atomic E-state index is 4.48. The highest BCUT2D eigenvalue weighted by molar-refractivity contribution is 5.52. The summed E-state index contributed by atoms with van der Waals surface area (Å²) < 4.78 is 1.97. The molecular formula is C13H22N4. The van der Waals surface area contributed by atoms with E-state index in [1.54, 1.807) is 0 Å². The SMILES string of the molecule is Cc1nn(C)c(C)c1NC1CCN2CCC1C2. The molecule has 4 heteroatoms. The van der Waals surface area contributed by atoms with E-state index in [1.807, 2.05) is 11.7 Å². The Morgan fingerprint density at radius 1 is 1.24 bits per heavy atom. The highest BCUT2D eigenvalue weighted by Gasteiger charge is 2.34. The summed E-state index contributed by atoms with van der Waals surface area (Å²) in [6.45, 7) is 8.08. The summed E-state index contributed by atoms with van der Waals surface area (Å²) >= 11 is 0. The molecule has 0 radical (unpaired) electrons. The van der Waals surface area contributed by atoms with Crippen molar-refractivity contribution in [1.29, 1.82) is 0 Å². The van der Waals surface area contributed by atoms with Crippen LogP contribution in [0.3, 0.4) is 0 Å². The molecule has 2 aliphatic heterocycles. The van der Waals surface area contributed by atoms with E-state index in [0.29, 0.717) is 6.04 Å². The van der Waals surface area contributed by atoms with Crippen molar-refractivity contribution in [2.75, 3.05) is 25.0 Å². The second kappa shape index (κ2) is 4.02. The quantitative estimate of drug-likeness (QED) is 0.842. The number of rotatable bonds is 2. The third-order valence-corrected chi connectivity index (χ3v) is 4.47. The van der Waals surface area contributed by atoms with Crippen molar-refractivity contribution in [3.63, 3.8) is 0 Å². The maximum Gasteiger partial charge on any atom is 0.0827 e. The Bertz CT molecular complexity index is 423. The molecule has 2 aliphatic rings. The van der Waals surface area contributed by atoms with E-state index < -0.39 is 0 Å². The third kappa shape index (κ3) is 1.84. The van der Waals surface area contributed by atoms with Crippen molar-refractivity contribution in [3.05, 3.63) is 11.4 Å². The number of aryl methyl sites for hydroxylation is 2. The lowest BCUT2D eigenvalue weighted by atomic mass is 9.94. The summed E-state index contributed by atoms with van der Waals surface area (Å²) in [5.74, 6) is 0.836. The first-order valence-electron chi connectivity index (χ1n) is 6.64. The van der Waals surface area contributed by atoms with Crippen LogP contribution in [0.15, 0.2) is 0 Å². The van der Waals surface area contributed by atoms with E-state index in [-0.39, 0.29) is 0 Å². The van der Waals surface area contributed by atoms with E-state index in [0.717, 1.165) is 11.6 Å². The van der Waals surface area contributed by atoms with Crippen LogP contribution in [-0.2, 0) is 7.05 Å².